The van der Waals surface area contributed by atoms with Crippen molar-refractivity contribution >= 4 is 0 Å². The van der Waals surface area contributed by atoms with Gasteiger partial charge in [0.15, 0.2) is 0 Å². The van der Waals surface area contributed by atoms with Crippen LogP contribution in [0.1, 0.15) is 53.9 Å². The van der Waals surface area contributed by atoms with Crippen molar-refractivity contribution in [1.82, 2.24) is 10.2 Å². The fourth-order valence-electron chi connectivity index (χ4n) is 2.53. The molecule has 0 amide bonds. The maximum atomic E-state index is 3.56. The molecule has 0 aromatic rings. The molecule has 0 aromatic carbocycles. The van der Waals surface area contributed by atoms with Crippen LogP contribution in [0.4, 0.5) is 0 Å². The summed E-state index contributed by atoms with van der Waals surface area (Å²) in [7, 11) is 0. The summed E-state index contributed by atoms with van der Waals surface area (Å²) in [6.45, 7) is 16.6. The van der Waals surface area contributed by atoms with Gasteiger partial charge in [-0.15, -0.1) is 0 Å². The molecule has 1 unspecified atom stereocenters. The van der Waals surface area contributed by atoms with Crippen LogP contribution < -0.4 is 5.32 Å². The number of likely N-dealkylation sites (tertiary alicyclic amines) is 1. The molecule has 0 saturated carbocycles. The summed E-state index contributed by atoms with van der Waals surface area (Å²) in [6, 6.07) is 0. The van der Waals surface area contributed by atoms with Gasteiger partial charge in [-0.2, -0.15) is 0 Å². The first-order valence-electron chi connectivity index (χ1n) is 7.36. The van der Waals surface area contributed by atoms with Crippen molar-refractivity contribution in [1.29, 1.82) is 0 Å². The molecule has 102 valence electrons. The molecule has 1 fully saturated rings. The van der Waals surface area contributed by atoms with Gasteiger partial charge in [0.25, 0.3) is 0 Å². The quantitative estimate of drug-likeness (QED) is 0.718. The van der Waals surface area contributed by atoms with Gasteiger partial charge in [0, 0.05) is 12.1 Å². The van der Waals surface area contributed by atoms with Crippen LogP contribution in [0.3, 0.4) is 0 Å². The topological polar surface area (TPSA) is 15.3 Å². The van der Waals surface area contributed by atoms with Crippen LogP contribution in [-0.4, -0.2) is 36.6 Å². The molecule has 17 heavy (non-hydrogen) atoms. The lowest BCUT2D eigenvalue weighted by atomic mass is 9.95. The van der Waals surface area contributed by atoms with Gasteiger partial charge in [0.1, 0.15) is 0 Å². The monoisotopic (exact) mass is 240 g/mol. The standard InChI is InChI=1S/C15H32N2/c1-13(2)14-8-11-17(12-14)10-7-6-9-16-15(3,4)5/h13-14,16H,6-12H2,1-5H3. The second-order valence-electron chi connectivity index (χ2n) is 6.98. The molecule has 1 aliphatic heterocycles. The van der Waals surface area contributed by atoms with Crippen LogP contribution in [0.5, 0.6) is 0 Å². The molecule has 0 aromatic heterocycles. The van der Waals surface area contributed by atoms with Crippen LogP contribution in [0.2, 0.25) is 0 Å². The molecular formula is C15H32N2. The first-order chi connectivity index (χ1) is 7.88. The van der Waals surface area contributed by atoms with Gasteiger partial charge in [0.2, 0.25) is 0 Å². The second-order valence-corrected chi connectivity index (χ2v) is 6.98. The van der Waals surface area contributed by atoms with Crippen LogP contribution in [-0.2, 0) is 0 Å². The van der Waals surface area contributed by atoms with Gasteiger partial charge >= 0.3 is 0 Å². The Morgan fingerprint density at radius 2 is 1.94 bits per heavy atom. The highest BCUT2D eigenvalue weighted by Crippen LogP contribution is 2.23. The highest BCUT2D eigenvalue weighted by molar-refractivity contribution is 4.77. The van der Waals surface area contributed by atoms with Crippen molar-refractivity contribution in [2.45, 2.75) is 59.4 Å². The molecule has 1 heterocycles. The lowest BCUT2D eigenvalue weighted by Gasteiger charge is -2.21. The number of unbranched alkanes of at least 4 members (excludes halogenated alkanes) is 1. The van der Waals surface area contributed by atoms with Crippen LogP contribution in [0.15, 0.2) is 0 Å². The third-order valence-electron chi connectivity index (χ3n) is 3.81. The molecule has 0 spiro atoms. The predicted molar refractivity (Wildman–Crippen MR) is 76.4 cm³/mol. The van der Waals surface area contributed by atoms with E-state index in [1.807, 2.05) is 0 Å². The lowest BCUT2D eigenvalue weighted by Crippen LogP contribution is -2.36. The molecule has 1 N–H and O–H groups in total. The van der Waals surface area contributed by atoms with Gasteiger partial charge in [-0.3, -0.25) is 0 Å². The molecule has 1 rings (SSSR count). The first kappa shape index (κ1) is 15.0. The Kier molecular flexibility index (Phi) is 5.94. The van der Waals surface area contributed by atoms with Crippen LogP contribution in [0.25, 0.3) is 0 Å². The number of hydrogen-bond acceptors (Lipinski definition) is 2. The minimum atomic E-state index is 0.274. The van der Waals surface area contributed by atoms with E-state index in [0.717, 1.165) is 18.4 Å². The highest BCUT2D eigenvalue weighted by atomic mass is 15.1. The zero-order valence-electron chi connectivity index (χ0n) is 12.6. The Hall–Kier alpha value is -0.0800. The van der Waals surface area contributed by atoms with Crippen molar-refractivity contribution in [3.05, 3.63) is 0 Å². The fraction of sp³-hybridized carbons (Fsp3) is 1.00. The highest BCUT2D eigenvalue weighted by Gasteiger charge is 2.23. The maximum Gasteiger partial charge on any atom is 0.00965 e. The van der Waals surface area contributed by atoms with Crippen LogP contribution >= 0.6 is 0 Å². The molecule has 0 radical (unpaired) electrons. The summed E-state index contributed by atoms with van der Waals surface area (Å²) in [4.78, 5) is 2.65. The van der Waals surface area contributed by atoms with E-state index in [9.17, 15) is 0 Å². The Morgan fingerprint density at radius 3 is 2.47 bits per heavy atom. The molecule has 0 bridgehead atoms. The molecule has 1 atom stereocenters. The molecule has 2 nitrogen and oxygen atoms in total. The van der Waals surface area contributed by atoms with Crippen molar-refractivity contribution in [3.63, 3.8) is 0 Å². The van der Waals surface area contributed by atoms with Crippen molar-refractivity contribution in [2.75, 3.05) is 26.2 Å². The molecule has 1 saturated heterocycles. The summed E-state index contributed by atoms with van der Waals surface area (Å²) in [5.41, 5.74) is 0.274. The minimum Gasteiger partial charge on any atom is -0.312 e. The second kappa shape index (κ2) is 6.75. The molecule has 0 aliphatic carbocycles. The zero-order valence-corrected chi connectivity index (χ0v) is 12.6. The van der Waals surface area contributed by atoms with Gasteiger partial charge in [0.05, 0.1) is 0 Å². The molecule has 2 heteroatoms. The van der Waals surface area contributed by atoms with Gasteiger partial charge in [-0.25, -0.2) is 0 Å². The van der Waals surface area contributed by atoms with E-state index in [0.29, 0.717) is 0 Å². The maximum absolute atomic E-state index is 3.56. The average Bonchev–Trinajstić information content (AvgIpc) is 2.64. The molecule has 1 aliphatic rings. The SMILES string of the molecule is CC(C)C1CCN(CCCCNC(C)(C)C)C1. The van der Waals surface area contributed by atoms with Gasteiger partial charge < -0.3 is 10.2 Å². The van der Waals surface area contributed by atoms with Gasteiger partial charge in [-0.05, 0) is 71.5 Å². The minimum absolute atomic E-state index is 0.274. The van der Waals surface area contributed by atoms with E-state index in [1.165, 1.54) is 38.9 Å². The largest absolute Gasteiger partial charge is 0.312 e. The van der Waals surface area contributed by atoms with E-state index >= 15 is 0 Å². The summed E-state index contributed by atoms with van der Waals surface area (Å²) >= 11 is 0. The predicted octanol–water partition coefficient (Wildman–Crippen LogP) is 3.13. The van der Waals surface area contributed by atoms with E-state index in [1.54, 1.807) is 0 Å². The Morgan fingerprint density at radius 1 is 1.24 bits per heavy atom. The summed E-state index contributed by atoms with van der Waals surface area (Å²) in [6.07, 6.45) is 4.06. The fourth-order valence-corrected chi connectivity index (χ4v) is 2.53. The Bertz CT molecular complexity index is 205. The molecular weight excluding hydrogens is 208 g/mol. The zero-order chi connectivity index (χ0) is 12.9. The van der Waals surface area contributed by atoms with E-state index in [-0.39, 0.29) is 5.54 Å². The third-order valence-corrected chi connectivity index (χ3v) is 3.81. The summed E-state index contributed by atoms with van der Waals surface area (Å²) in [5.74, 6) is 1.81. The summed E-state index contributed by atoms with van der Waals surface area (Å²) < 4.78 is 0. The average molecular weight is 240 g/mol. The van der Waals surface area contributed by atoms with E-state index in [4.69, 9.17) is 0 Å². The Balaban J connectivity index is 2.01. The van der Waals surface area contributed by atoms with Crippen molar-refractivity contribution in [2.24, 2.45) is 11.8 Å². The summed E-state index contributed by atoms with van der Waals surface area (Å²) in [5, 5.41) is 3.56. The number of rotatable bonds is 6. The first-order valence-corrected chi connectivity index (χ1v) is 7.36. The van der Waals surface area contributed by atoms with E-state index < -0.39 is 0 Å². The number of nitrogens with zero attached hydrogens (tertiary/aromatic N) is 1. The number of nitrogens with one attached hydrogen (secondary N) is 1. The van der Waals surface area contributed by atoms with Crippen molar-refractivity contribution < 1.29 is 0 Å². The lowest BCUT2D eigenvalue weighted by molar-refractivity contribution is 0.294. The third kappa shape index (κ3) is 6.42. The normalized spacial score (nSPS) is 22.6. The van der Waals surface area contributed by atoms with Crippen molar-refractivity contribution in [3.8, 4) is 0 Å². The number of hydrogen-bond donors (Lipinski definition) is 1. The van der Waals surface area contributed by atoms with Gasteiger partial charge in [-0.1, -0.05) is 13.8 Å². The Labute approximate surface area is 108 Å². The van der Waals surface area contributed by atoms with Crippen LogP contribution in [0, 0.1) is 11.8 Å². The smallest absolute Gasteiger partial charge is 0.00965 e. The van der Waals surface area contributed by atoms with E-state index in [2.05, 4.69) is 44.8 Å².